The summed E-state index contributed by atoms with van der Waals surface area (Å²) < 4.78 is 7.11. The zero-order valence-electron chi connectivity index (χ0n) is 12.6. The van der Waals surface area contributed by atoms with Crippen molar-refractivity contribution in [2.75, 3.05) is 6.54 Å². The Labute approximate surface area is 128 Å². The quantitative estimate of drug-likeness (QED) is 0.761. The lowest BCUT2D eigenvalue weighted by atomic mass is 10.1. The van der Waals surface area contributed by atoms with Crippen LogP contribution in [0, 0.1) is 6.92 Å². The smallest absolute Gasteiger partial charge is 0.221 e. The summed E-state index contributed by atoms with van der Waals surface area (Å²) in [6.07, 6.45) is 4.63. The maximum absolute atomic E-state index is 11.9. The highest BCUT2D eigenvalue weighted by Gasteiger charge is 2.07. The van der Waals surface area contributed by atoms with E-state index < -0.39 is 0 Å². The highest BCUT2D eigenvalue weighted by Crippen LogP contribution is 2.17. The number of fused-ring (bicyclic) bond motifs is 1. The molecule has 22 heavy (non-hydrogen) atoms. The lowest BCUT2D eigenvalue weighted by molar-refractivity contribution is -0.121. The zero-order valence-corrected chi connectivity index (χ0v) is 12.6. The molecule has 0 fully saturated rings. The Hall–Kier alpha value is -2.56. The number of amides is 1. The molecule has 3 rings (SSSR count). The third-order valence-corrected chi connectivity index (χ3v) is 3.73. The molecule has 0 saturated carbocycles. The summed E-state index contributed by atoms with van der Waals surface area (Å²) in [5.41, 5.74) is 2.27. The van der Waals surface area contributed by atoms with E-state index >= 15 is 0 Å². The van der Waals surface area contributed by atoms with Crippen molar-refractivity contribution in [3.63, 3.8) is 0 Å². The lowest BCUT2D eigenvalue weighted by Crippen LogP contribution is -2.26. The van der Waals surface area contributed by atoms with Crippen molar-refractivity contribution in [1.82, 2.24) is 15.1 Å². The van der Waals surface area contributed by atoms with Crippen LogP contribution < -0.4 is 5.32 Å². The van der Waals surface area contributed by atoms with Gasteiger partial charge in [-0.15, -0.1) is 0 Å². The molecule has 1 N–H and O–H groups in total. The van der Waals surface area contributed by atoms with Gasteiger partial charge in [-0.05, 0) is 30.7 Å². The van der Waals surface area contributed by atoms with E-state index in [1.165, 1.54) is 5.56 Å². The summed E-state index contributed by atoms with van der Waals surface area (Å²) in [6, 6.07) is 9.87. The molecular formula is C17H19N3O2. The molecule has 3 aromatic rings. The summed E-state index contributed by atoms with van der Waals surface area (Å²) in [5, 5.41) is 8.41. The van der Waals surface area contributed by atoms with E-state index in [9.17, 15) is 4.79 Å². The van der Waals surface area contributed by atoms with Crippen molar-refractivity contribution in [3.05, 3.63) is 54.1 Å². The third kappa shape index (κ3) is 3.19. The van der Waals surface area contributed by atoms with E-state index in [4.69, 9.17) is 4.42 Å². The predicted octanol–water partition coefficient (Wildman–Crippen LogP) is 2.69. The molecule has 2 heterocycles. The van der Waals surface area contributed by atoms with Gasteiger partial charge < -0.3 is 9.73 Å². The fourth-order valence-corrected chi connectivity index (χ4v) is 2.50. The van der Waals surface area contributed by atoms with Gasteiger partial charge in [0, 0.05) is 24.8 Å². The van der Waals surface area contributed by atoms with Gasteiger partial charge in [-0.3, -0.25) is 9.48 Å². The number of aryl methyl sites for hydroxylation is 2. The second-order valence-corrected chi connectivity index (χ2v) is 5.30. The molecule has 0 bridgehead atoms. The molecule has 5 heteroatoms. The van der Waals surface area contributed by atoms with Gasteiger partial charge in [-0.2, -0.15) is 5.10 Å². The third-order valence-electron chi connectivity index (χ3n) is 3.73. The fourth-order valence-electron chi connectivity index (χ4n) is 2.50. The van der Waals surface area contributed by atoms with E-state index in [1.807, 2.05) is 35.1 Å². The Bertz CT molecular complexity index is 759. The van der Waals surface area contributed by atoms with Crippen LogP contribution in [-0.2, 0) is 17.8 Å². The van der Waals surface area contributed by atoms with Crippen LogP contribution in [0.1, 0.15) is 17.7 Å². The fraction of sp³-hybridized carbons (Fsp3) is 0.294. The molecule has 0 spiro atoms. The molecular weight excluding hydrogens is 278 g/mol. The average molecular weight is 297 g/mol. The first kappa shape index (κ1) is 14.4. The first-order chi connectivity index (χ1) is 10.7. The number of hydrogen-bond donors (Lipinski definition) is 1. The van der Waals surface area contributed by atoms with Crippen LogP contribution in [0.3, 0.4) is 0 Å². The molecule has 0 unspecified atom stereocenters. The molecule has 0 aliphatic carbocycles. The topological polar surface area (TPSA) is 60.1 Å². The van der Waals surface area contributed by atoms with E-state index in [0.717, 1.165) is 16.7 Å². The van der Waals surface area contributed by atoms with E-state index in [-0.39, 0.29) is 5.91 Å². The van der Waals surface area contributed by atoms with E-state index in [2.05, 4.69) is 23.4 Å². The maximum atomic E-state index is 11.9. The van der Waals surface area contributed by atoms with Crippen molar-refractivity contribution in [3.8, 4) is 0 Å². The van der Waals surface area contributed by atoms with Crippen LogP contribution in [-0.4, -0.2) is 22.2 Å². The molecule has 2 aromatic heterocycles. The molecule has 0 atom stereocenters. The van der Waals surface area contributed by atoms with Crippen LogP contribution in [0.5, 0.6) is 0 Å². The molecule has 0 aliphatic rings. The van der Waals surface area contributed by atoms with Gasteiger partial charge in [0.25, 0.3) is 0 Å². The number of furan rings is 1. The lowest BCUT2D eigenvalue weighted by Gasteiger charge is -2.06. The molecule has 0 saturated heterocycles. The molecule has 1 aromatic carbocycles. The molecule has 0 radical (unpaired) electrons. The highest BCUT2D eigenvalue weighted by molar-refractivity contribution is 5.82. The SMILES string of the molecule is Cc1cccc2c1cnn2CCC(=O)NCCc1ccco1. The number of benzene rings is 1. The number of hydrogen-bond acceptors (Lipinski definition) is 3. The first-order valence-electron chi connectivity index (χ1n) is 7.44. The van der Waals surface area contributed by atoms with Gasteiger partial charge >= 0.3 is 0 Å². The van der Waals surface area contributed by atoms with Crippen molar-refractivity contribution < 1.29 is 9.21 Å². The van der Waals surface area contributed by atoms with E-state index in [1.54, 1.807) is 6.26 Å². The maximum Gasteiger partial charge on any atom is 0.221 e. The van der Waals surface area contributed by atoms with Gasteiger partial charge in [0.15, 0.2) is 0 Å². The van der Waals surface area contributed by atoms with Crippen LogP contribution in [0.2, 0.25) is 0 Å². The molecule has 5 nitrogen and oxygen atoms in total. The minimum atomic E-state index is 0.0304. The second-order valence-electron chi connectivity index (χ2n) is 5.30. The summed E-state index contributed by atoms with van der Waals surface area (Å²) in [4.78, 5) is 11.9. The number of carbonyl (C=O) groups excluding carboxylic acids is 1. The van der Waals surface area contributed by atoms with Gasteiger partial charge in [0.1, 0.15) is 5.76 Å². The monoisotopic (exact) mass is 297 g/mol. The van der Waals surface area contributed by atoms with Crippen LogP contribution in [0.25, 0.3) is 10.9 Å². The summed E-state index contributed by atoms with van der Waals surface area (Å²) >= 11 is 0. The minimum Gasteiger partial charge on any atom is -0.469 e. The van der Waals surface area contributed by atoms with Crippen molar-refractivity contribution in [1.29, 1.82) is 0 Å². The van der Waals surface area contributed by atoms with Gasteiger partial charge in [0.05, 0.1) is 24.5 Å². The normalized spacial score (nSPS) is 11.0. The van der Waals surface area contributed by atoms with Crippen molar-refractivity contribution >= 4 is 16.8 Å². The number of aromatic nitrogens is 2. The Morgan fingerprint density at radius 3 is 3.05 bits per heavy atom. The largest absolute Gasteiger partial charge is 0.469 e. The summed E-state index contributed by atoms with van der Waals surface area (Å²) in [6.45, 7) is 3.24. The average Bonchev–Trinajstić information content (AvgIpc) is 3.15. The predicted molar refractivity (Wildman–Crippen MR) is 84.5 cm³/mol. The Balaban J connectivity index is 1.51. The number of carbonyl (C=O) groups is 1. The van der Waals surface area contributed by atoms with Crippen molar-refractivity contribution in [2.24, 2.45) is 0 Å². The van der Waals surface area contributed by atoms with Crippen LogP contribution in [0.15, 0.2) is 47.2 Å². The molecule has 114 valence electrons. The van der Waals surface area contributed by atoms with Crippen LogP contribution in [0.4, 0.5) is 0 Å². The van der Waals surface area contributed by atoms with Gasteiger partial charge in [0.2, 0.25) is 5.91 Å². The number of nitrogens with one attached hydrogen (secondary N) is 1. The second kappa shape index (κ2) is 6.47. The number of nitrogens with zero attached hydrogens (tertiary/aromatic N) is 2. The standard InChI is InChI=1S/C17H19N3O2/c1-13-4-2-6-16-15(13)12-19-20(16)10-8-17(21)18-9-7-14-5-3-11-22-14/h2-6,11-12H,7-10H2,1H3,(H,18,21). The van der Waals surface area contributed by atoms with Gasteiger partial charge in [-0.1, -0.05) is 12.1 Å². The Morgan fingerprint density at radius 2 is 2.23 bits per heavy atom. The summed E-state index contributed by atoms with van der Waals surface area (Å²) in [5.74, 6) is 0.914. The Morgan fingerprint density at radius 1 is 1.32 bits per heavy atom. The zero-order chi connectivity index (χ0) is 15.4. The molecule has 1 amide bonds. The Kier molecular flexibility index (Phi) is 4.23. The highest BCUT2D eigenvalue weighted by atomic mass is 16.3. The van der Waals surface area contributed by atoms with Crippen molar-refractivity contribution in [2.45, 2.75) is 26.3 Å². The number of rotatable bonds is 6. The summed E-state index contributed by atoms with van der Waals surface area (Å²) in [7, 11) is 0. The molecule has 0 aliphatic heterocycles. The first-order valence-corrected chi connectivity index (χ1v) is 7.44. The minimum absolute atomic E-state index is 0.0304. The van der Waals surface area contributed by atoms with E-state index in [0.29, 0.717) is 25.9 Å². The van der Waals surface area contributed by atoms with Gasteiger partial charge in [-0.25, -0.2) is 0 Å². The van der Waals surface area contributed by atoms with Crippen LogP contribution >= 0.6 is 0 Å².